The monoisotopic (exact) mass is 420 g/mol. The van der Waals surface area contributed by atoms with Gasteiger partial charge in [0.1, 0.15) is 11.4 Å². The fraction of sp³-hybridized carbons (Fsp3) is 0.350. The van der Waals surface area contributed by atoms with E-state index in [0.717, 1.165) is 30.6 Å². The highest BCUT2D eigenvalue weighted by atomic mass is 19.1. The number of anilines is 1. The van der Waals surface area contributed by atoms with Crippen molar-refractivity contribution in [3.8, 4) is 29.3 Å². The zero-order valence-electron chi connectivity index (χ0n) is 16.6. The summed E-state index contributed by atoms with van der Waals surface area (Å²) in [5, 5.41) is 22.1. The summed E-state index contributed by atoms with van der Waals surface area (Å²) < 4.78 is 28.0. The molecular formula is C20H17FN8O2. The summed E-state index contributed by atoms with van der Waals surface area (Å²) >= 11 is 0. The number of para-hydroxylation sites is 1. The number of alkyl halides is 1. The molecule has 3 aromatic rings. The van der Waals surface area contributed by atoms with Crippen LogP contribution < -0.4 is 4.90 Å². The smallest absolute Gasteiger partial charge is 0.296 e. The van der Waals surface area contributed by atoms with Crippen LogP contribution in [0.25, 0.3) is 28.9 Å². The van der Waals surface area contributed by atoms with Crippen molar-refractivity contribution in [3.63, 3.8) is 0 Å². The number of fused-ring (bicyclic) bond motifs is 6. The maximum atomic E-state index is 15.1. The first-order valence-corrected chi connectivity index (χ1v) is 9.95. The number of methoxy groups -OCH3 is 1. The molecule has 0 bridgehead atoms. The van der Waals surface area contributed by atoms with E-state index in [4.69, 9.17) is 9.26 Å². The molecule has 1 atom stereocenters. The number of hydrogen-bond acceptors (Lipinski definition) is 9. The molecular weight excluding hydrogens is 403 g/mol. The number of benzene rings is 1. The third kappa shape index (κ3) is 2.33. The lowest BCUT2D eigenvalue weighted by atomic mass is 10.0. The Morgan fingerprint density at radius 2 is 2.00 bits per heavy atom. The van der Waals surface area contributed by atoms with E-state index < -0.39 is 12.0 Å². The Kier molecular flexibility index (Phi) is 3.70. The Morgan fingerprint density at radius 1 is 1.23 bits per heavy atom. The second-order valence-electron chi connectivity index (χ2n) is 7.70. The van der Waals surface area contributed by atoms with Gasteiger partial charge >= 0.3 is 0 Å². The summed E-state index contributed by atoms with van der Waals surface area (Å²) in [5.74, 6) is 1.79. The number of nitrogens with zero attached hydrogens (tertiary/aromatic N) is 8. The Balaban J connectivity index is 1.52. The predicted octanol–water partition coefficient (Wildman–Crippen LogP) is 3.04. The second-order valence-corrected chi connectivity index (χ2v) is 7.70. The van der Waals surface area contributed by atoms with E-state index in [1.807, 2.05) is 18.3 Å². The van der Waals surface area contributed by atoms with Crippen molar-refractivity contribution in [2.45, 2.75) is 37.7 Å². The van der Waals surface area contributed by atoms with E-state index in [-0.39, 0.29) is 11.7 Å². The summed E-state index contributed by atoms with van der Waals surface area (Å²) in [6, 6.07) is 7.25. The number of aromatic nitrogens is 5. The minimum absolute atomic E-state index is 0.156. The lowest BCUT2D eigenvalue weighted by Crippen LogP contribution is -2.36. The van der Waals surface area contributed by atoms with Gasteiger partial charge in [0.2, 0.25) is 11.6 Å². The van der Waals surface area contributed by atoms with Crippen LogP contribution in [-0.2, 0) is 10.3 Å². The van der Waals surface area contributed by atoms with Crippen molar-refractivity contribution in [3.05, 3.63) is 36.3 Å². The van der Waals surface area contributed by atoms with Gasteiger partial charge in [0.15, 0.2) is 12.0 Å². The minimum Gasteiger partial charge on any atom is -0.370 e. The van der Waals surface area contributed by atoms with E-state index in [1.54, 1.807) is 23.8 Å². The molecule has 10 nitrogen and oxygen atoms in total. The Hall–Kier alpha value is -3.78. The maximum absolute atomic E-state index is 15.1. The van der Waals surface area contributed by atoms with Gasteiger partial charge in [0, 0.05) is 12.7 Å². The average Bonchev–Trinajstić information content (AvgIpc) is 3.58. The summed E-state index contributed by atoms with van der Waals surface area (Å²) in [5.41, 5.74) is 0.713. The molecule has 0 spiro atoms. The quantitative estimate of drug-likeness (QED) is 0.466. The molecule has 1 saturated carbocycles. The van der Waals surface area contributed by atoms with Gasteiger partial charge in [-0.2, -0.15) is 14.6 Å². The molecule has 3 aliphatic rings. The van der Waals surface area contributed by atoms with Gasteiger partial charge in [0.05, 0.1) is 11.9 Å². The molecule has 0 radical (unpaired) electrons. The van der Waals surface area contributed by atoms with Crippen LogP contribution in [0.15, 0.2) is 35.0 Å². The van der Waals surface area contributed by atoms with Crippen LogP contribution in [0.1, 0.15) is 31.5 Å². The molecule has 0 N–H and O–H groups in total. The molecule has 2 aromatic heterocycles. The van der Waals surface area contributed by atoms with Gasteiger partial charge in [0.25, 0.3) is 12.3 Å². The van der Waals surface area contributed by atoms with Crippen LogP contribution in [0.5, 0.6) is 0 Å². The van der Waals surface area contributed by atoms with Crippen molar-refractivity contribution in [2.24, 2.45) is 0 Å². The Morgan fingerprint density at radius 3 is 2.77 bits per heavy atom. The molecule has 0 saturated heterocycles. The van der Waals surface area contributed by atoms with Crippen molar-refractivity contribution >= 4 is 11.5 Å². The SMILES string of the molecule is COC1(c2noc(-c3nnc4n3C3=CN(C#N)C(F)N3c3ccccc3-4)n2)CCCC1. The molecule has 4 heterocycles. The number of hydrogen-bond donors (Lipinski definition) is 0. The highest BCUT2D eigenvalue weighted by Gasteiger charge is 2.44. The summed E-state index contributed by atoms with van der Waals surface area (Å²) in [4.78, 5) is 6.92. The Bertz CT molecular complexity index is 1250. The molecule has 11 heteroatoms. The van der Waals surface area contributed by atoms with Gasteiger partial charge in [-0.3, -0.25) is 9.47 Å². The summed E-state index contributed by atoms with van der Waals surface area (Å²) in [6.45, 7) is 0. The maximum Gasteiger partial charge on any atom is 0.296 e. The minimum atomic E-state index is -1.68. The fourth-order valence-electron chi connectivity index (χ4n) is 4.61. The van der Waals surface area contributed by atoms with Crippen LogP contribution >= 0.6 is 0 Å². The van der Waals surface area contributed by atoms with Crippen LogP contribution in [0.2, 0.25) is 0 Å². The van der Waals surface area contributed by atoms with Crippen molar-refractivity contribution in [1.82, 2.24) is 29.8 Å². The van der Waals surface area contributed by atoms with Crippen molar-refractivity contribution in [2.75, 3.05) is 12.0 Å². The molecule has 1 aromatic carbocycles. The molecule has 1 aliphatic carbocycles. The van der Waals surface area contributed by atoms with Crippen LogP contribution in [0.3, 0.4) is 0 Å². The van der Waals surface area contributed by atoms with Gasteiger partial charge in [-0.05, 0) is 37.8 Å². The zero-order valence-corrected chi connectivity index (χ0v) is 16.6. The van der Waals surface area contributed by atoms with E-state index in [0.29, 0.717) is 28.7 Å². The lowest BCUT2D eigenvalue weighted by Gasteiger charge is -2.31. The molecule has 6 rings (SSSR count). The van der Waals surface area contributed by atoms with Crippen molar-refractivity contribution in [1.29, 1.82) is 5.26 Å². The van der Waals surface area contributed by atoms with E-state index in [1.165, 1.54) is 11.1 Å². The first-order valence-electron chi connectivity index (χ1n) is 9.95. The highest BCUT2D eigenvalue weighted by Crippen LogP contribution is 2.46. The van der Waals surface area contributed by atoms with Crippen LogP contribution in [0, 0.1) is 11.5 Å². The summed E-state index contributed by atoms with van der Waals surface area (Å²) in [6.07, 6.45) is 5.27. The number of nitriles is 1. The first kappa shape index (κ1) is 18.0. The average molecular weight is 420 g/mol. The number of ether oxygens (including phenoxy) is 1. The highest BCUT2D eigenvalue weighted by molar-refractivity contribution is 5.90. The Labute approximate surface area is 176 Å². The van der Waals surface area contributed by atoms with E-state index >= 15 is 4.39 Å². The standard InChI is InChI=1S/C20H17FN8O2/c1-30-20(8-4-5-9-20)18-23-17(31-26-18)16-25-24-15-12-6-2-3-7-13(12)28-14(29(15)16)10-27(11-22)19(28)21/h2-3,6-7,10,19H,4-5,8-9H2,1H3. The lowest BCUT2D eigenvalue weighted by molar-refractivity contribution is -0.0178. The number of rotatable bonds is 3. The fourth-order valence-corrected chi connectivity index (χ4v) is 4.61. The third-order valence-electron chi connectivity index (χ3n) is 6.18. The molecule has 156 valence electrons. The van der Waals surface area contributed by atoms with Gasteiger partial charge < -0.3 is 9.26 Å². The second kappa shape index (κ2) is 6.36. The predicted molar refractivity (Wildman–Crippen MR) is 105 cm³/mol. The van der Waals surface area contributed by atoms with Gasteiger partial charge in [-0.25, -0.2) is 4.90 Å². The third-order valence-corrected chi connectivity index (χ3v) is 6.18. The largest absolute Gasteiger partial charge is 0.370 e. The topological polar surface area (TPSA) is 109 Å². The van der Waals surface area contributed by atoms with Gasteiger partial charge in [-0.1, -0.05) is 17.3 Å². The first-order chi connectivity index (χ1) is 15.2. The normalized spacial score (nSPS) is 20.8. The summed E-state index contributed by atoms with van der Waals surface area (Å²) in [7, 11) is 1.65. The molecule has 0 amide bonds. The molecule has 2 aliphatic heterocycles. The molecule has 1 unspecified atom stereocenters. The van der Waals surface area contributed by atoms with Crippen molar-refractivity contribution < 1.29 is 13.7 Å². The van der Waals surface area contributed by atoms with Crippen LogP contribution in [0.4, 0.5) is 10.1 Å². The number of halogens is 1. The van der Waals surface area contributed by atoms with E-state index in [2.05, 4.69) is 20.3 Å². The molecule has 31 heavy (non-hydrogen) atoms. The van der Waals surface area contributed by atoms with E-state index in [9.17, 15) is 5.26 Å². The molecule has 1 fully saturated rings. The van der Waals surface area contributed by atoms with Crippen LogP contribution in [-0.4, -0.2) is 43.3 Å². The van der Waals surface area contributed by atoms with Gasteiger partial charge in [-0.15, -0.1) is 10.2 Å². The zero-order chi connectivity index (χ0) is 21.2.